The first-order valence-corrected chi connectivity index (χ1v) is 15.4. The molecular formula is C29H38O6Si. The third-order valence-corrected chi connectivity index (χ3v) is 11.6. The van der Waals surface area contributed by atoms with Crippen LogP contribution in [0.3, 0.4) is 0 Å². The van der Waals surface area contributed by atoms with E-state index in [1.807, 2.05) is 6.07 Å². The Balaban J connectivity index is 2.00. The summed E-state index contributed by atoms with van der Waals surface area (Å²) in [7, 11) is -0.490. The summed E-state index contributed by atoms with van der Waals surface area (Å²) >= 11 is 0. The van der Waals surface area contributed by atoms with Gasteiger partial charge in [0.15, 0.2) is 19.8 Å². The molecule has 3 rings (SSSR count). The Morgan fingerprint density at radius 2 is 1.72 bits per heavy atom. The maximum Gasteiger partial charge on any atom is 0.343 e. The van der Waals surface area contributed by atoms with Gasteiger partial charge in [-0.25, -0.2) is 4.79 Å². The second-order valence-electron chi connectivity index (χ2n) is 11.0. The van der Waals surface area contributed by atoms with Gasteiger partial charge in [-0.05, 0) is 85.8 Å². The van der Waals surface area contributed by atoms with Gasteiger partial charge in [0, 0.05) is 0 Å². The zero-order valence-corrected chi connectivity index (χ0v) is 23.2. The molecular weight excluding hydrogens is 472 g/mol. The molecule has 1 aliphatic carbocycles. The SMILES string of the molecule is COc1cc(CO[Si](C)(C)C(C)(C)C)cc(C#CC2(O)CCCCC2)c1OC(=O)c1ccc(O)cc1. The van der Waals surface area contributed by atoms with Crippen molar-refractivity contribution in [1.29, 1.82) is 0 Å². The molecule has 0 unspecified atom stereocenters. The maximum atomic E-state index is 12.9. The molecule has 2 aromatic rings. The summed E-state index contributed by atoms with van der Waals surface area (Å²) in [5, 5.41) is 20.5. The third kappa shape index (κ3) is 6.91. The number of esters is 1. The number of carbonyl (C=O) groups is 1. The number of benzene rings is 2. The fourth-order valence-electron chi connectivity index (χ4n) is 3.77. The maximum absolute atomic E-state index is 12.9. The van der Waals surface area contributed by atoms with Crippen LogP contribution < -0.4 is 9.47 Å². The average molecular weight is 511 g/mol. The molecule has 0 aromatic heterocycles. The normalized spacial score (nSPS) is 15.5. The van der Waals surface area contributed by atoms with Crippen LogP contribution in [0.2, 0.25) is 18.1 Å². The summed E-state index contributed by atoms with van der Waals surface area (Å²) in [5.41, 5.74) is 0.525. The van der Waals surface area contributed by atoms with Crippen LogP contribution in [0, 0.1) is 11.8 Å². The summed E-state index contributed by atoms with van der Waals surface area (Å²) in [4.78, 5) is 12.9. The van der Waals surface area contributed by atoms with E-state index in [9.17, 15) is 15.0 Å². The predicted molar refractivity (Wildman–Crippen MR) is 143 cm³/mol. The number of hydrogen-bond acceptors (Lipinski definition) is 6. The van der Waals surface area contributed by atoms with Gasteiger partial charge in [-0.1, -0.05) is 39.0 Å². The minimum Gasteiger partial charge on any atom is -0.508 e. The van der Waals surface area contributed by atoms with Crippen LogP contribution in [-0.4, -0.2) is 37.2 Å². The smallest absolute Gasteiger partial charge is 0.343 e. The standard InChI is InChI=1S/C29H38O6Si/c1-28(2,3)36(5,6)34-20-21-18-23(14-17-29(32)15-8-7-9-16-29)26(25(19-21)33-4)35-27(31)22-10-12-24(30)13-11-22/h10-13,18-19,30,32H,7-9,15-16,20H2,1-6H3. The van der Waals surface area contributed by atoms with E-state index in [0.717, 1.165) is 24.8 Å². The monoisotopic (exact) mass is 510 g/mol. The molecule has 0 bridgehead atoms. The average Bonchev–Trinajstić information content (AvgIpc) is 2.82. The van der Waals surface area contributed by atoms with Crippen LogP contribution in [0.5, 0.6) is 17.2 Å². The van der Waals surface area contributed by atoms with E-state index in [1.54, 1.807) is 6.07 Å². The number of ether oxygens (including phenoxy) is 2. The summed E-state index contributed by atoms with van der Waals surface area (Å²) in [6, 6.07) is 9.47. The van der Waals surface area contributed by atoms with Crippen LogP contribution in [-0.2, 0) is 11.0 Å². The van der Waals surface area contributed by atoms with Crippen LogP contribution in [0.25, 0.3) is 0 Å². The first kappa shape index (κ1) is 27.8. The molecule has 0 heterocycles. The molecule has 2 aromatic carbocycles. The highest BCUT2D eigenvalue weighted by Gasteiger charge is 2.37. The van der Waals surface area contributed by atoms with Gasteiger partial charge >= 0.3 is 5.97 Å². The van der Waals surface area contributed by atoms with Crippen molar-refractivity contribution < 1.29 is 28.9 Å². The Kier molecular flexibility index (Phi) is 8.55. The van der Waals surface area contributed by atoms with Crippen molar-refractivity contribution in [3.63, 3.8) is 0 Å². The molecule has 0 radical (unpaired) electrons. The lowest BCUT2D eigenvalue weighted by molar-refractivity contribution is 0.0610. The number of methoxy groups -OCH3 is 1. The summed E-state index contributed by atoms with van der Waals surface area (Å²) in [6.45, 7) is 11.3. The van der Waals surface area contributed by atoms with E-state index in [4.69, 9.17) is 13.9 Å². The van der Waals surface area contributed by atoms with Gasteiger partial charge in [0.25, 0.3) is 0 Å². The Morgan fingerprint density at radius 1 is 1.08 bits per heavy atom. The fourth-order valence-corrected chi connectivity index (χ4v) is 4.73. The quantitative estimate of drug-likeness (QED) is 0.209. The highest BCUT2D eigenvalue weighted by molar-refractivity contribution is 6.74. The molecule has 0 atom stereocenters. The van der Waals surface area contributed by atoms with Crippen molar-refractivity contribution in [2.75, 3.05) is 7.11 Å². The number of aliphatic hydroxyl groups is 1. The lowest BCUT2D eigenvalue weighted by Crippen LogP contribution is -2.40. The number of aromatic hydroxyl groups is 1. The molecule has 6 nitrogen and oxygen atoms in total. The van der Waals surface area contributed by atoms with E-state index in [0.29, 0.717) is 30.8 Å². The molecule has 0 amide bonds. The highest BCUT2D eigenvalue weighted by Crippen LogP contribution is 2.39. The highest BCUT2D eigenvalue weighted by atomic mass is 28.4. The molecule has 0 aliphatic heterocycles. The van der Waals surface area contributed by atoms with Crippen molar-refractivity contribution in [2.24, 2.45) is 0 Å². The predicted octanol–water partition coefficient (Wildman–Crippen LogP) is 6.19. The van der Waals surface area contributed by atoms with Crippen molar-refractivity contribution in [1.82, 2.24) is 0 Å². The topological polar surface area (TPSA) is 85.2 Å². The molecule has 7 heteroatoms. The van der Waals surface area contributed by atoms with Crippen LogP contribution >= 0.6 is 0 Å². The molecule has 1 aliphatic rings. The molecule has 36 heavy (non-hydrogen) atoms. The van der Waals surface area contributed by atoms with E-state index >= 15 is 0 Å². The molecule has 1 saturated carbocycles. The van der Waals surface area contributed by atoms with Crippen LogP contribution in [0.15, 0.2) is 36.4 Å². The molecule has 0 saturated heterocycles. The lowest BCUT2D eigenvalue weighted by Gasteiger charge is -2.36. The van der Waals surface area contributed by atoms with Gasteiger partial charge in [0.05, 0.1) is 24.8 Å². The first-order chi connectivity index (χ1) is 16.8. The molecule has 1 fully saturated rings. The zero-order chi connectivity index (χ0) is 26.6. The van der Waals surface area contributed by atoms with E-state index in [2.05, 4.69) is 45.7 Å². The molecule has 2 N–H and O–H groups in total. The minimum absolute atomic E-state index is 0.0579. The number of carbonyl (C=O) groups excluding carboxylic acids is 1. The summed E-state index contributed by atoms with van der Waals surface area (Å²) in [5.74, 6) is 6.15. The van der Waals surface area contributed by atoms with Gasteiger partial charge in [-0.3, -0.25) is 0 Å². The van der Waals surface area contributed by atoms with Gasteiger partial charge in [0.2, 0.25) is 0 Å². The molecule has 194 valence electrons. The number of hydrogen-bond donors (Lipinski definition) is 2. The summed E-state index contributed by atoms with van der Waals surface area (Å²) < 4.78 is 17.8. The zero-order valence-electron chi connectivity index (χ0n) is 22.2. The van der Waals surface area contributed by atoms with Gasteiger partial charge in [-0.2, -0.15) is 0 Å². The molecule has 0 spiro atoms. The van der Waals surface area contributed by atoms with Crippen LogP contribution in [0.1, 0.15) is 74.4 Å². The van der Waals surface area contributed by atoms with E-state index < -0.39 is 19.9 Å². The second-order valence-corrected chi connectivity index (χ2v) is 15.8. The van der Waals surface area contributed by atoms with Crippen molar-refractivity contribution in [3.05, 3.63) is 53.1 Å². The Bertz CT molecular complexity index is 1130. The Hall–Kier alpha value is -2.79. The van der Waals surface area contributed by atoms with Gasteiger partial charge < -0.3 is 24.1 Å². The largest absolute Gasteiger partial charge is 0.508 e. The Labute approximate surface area is 215 Å². The van der Waals surface area contributed by atoms with Crippen molar-refractivity contribution in [2.45, 2.75) is 83.2 Å². The fraction of sp³-hybridized carbons (Fsp3) is 0.483. The van der Waals surface area contributed by atoms with E-state index in [1.165, 1.54) is 31.4 Å². The van der Waals surface area contributed by atoms with Crippen molar-refractivity contribution >= 4 is 14.3 Å². The minimum atomic E-state index is -2.00. The Morgan fingerprint density at radius 3 is 2.31 bits per heavy atom. The van der Waals surface area contributed by atoms with Crippen molar-refractivity contribution in [3.8, 4) is 29.1 Å². The van der Waals surface area contributed by atoms with Gasteiger partial charge in [-0.15, -0.1) is 0 Å². The lowest BCUT2D eigenvalue weighted by atomic mass is 9.85. The van der Waals surface area contributed by atoms with Crippen LogP contribution in [0.4, 0.5) is 0 Å². The number of phenols is 1. The second kappa shape index (κ2) is 11.1. The number of phenolic OH excluding ortho intramolecular Hbond substituents is 1. The summed E-state index contributed by atoms with van der Waals surface area (Å²) in [6.07, 6.45) is 4.19. The third-order valence-electron chi connectivity index (χ3n) is 7.15. The van der Waals surface area contributed by atoms with Gasteiger partial charge in [0.1, 0.15) is 11.4 Å². The van der Waals surface area contributed by atoms with E-state index in [-0.39, 0.29) is 22.1 Å². The number of rotatable bonds is 6. The first-order valence-electron chi connectivity index (χ1n) is 12.5.